The van der Waals surface area contributed by atoms with E-state index in [-0.39, 0.29) is 5.91 Å². The minimum absolute atomic E-state index is 0.202. The van der Waals surface area contributed by atoms with Crippen LogP contribution in [0, 0.1) is 0 Å². The molecule has 0 aliphatic rings. The van der Waals surface area contributed by atoms with Crippen LogP contribution in [0.3, 0.4) is 0 Å². The summed E-state index contributed by atoms with van der Waals surface area (Å²) in [5.41, 5.74) is 1.97. The van der Waals surface area contributed by atoms with Crippen LogP contribution in [0.1, 0.15) is 23.8 Å². The average molecular weight is 334 g/mol. The molecule has 0 spiro atoms. The maximum Gasteiger partial charge on any atom is 0.346 e. The molecule has 1 amide bonds. The molecule has 4 N–H and O–H groups in total. The molecular weight excluding hydrogens is 315 g/mol. The Kier molecular flexibility index (Phi) is 5.69. The lowest BCUT2D eigenvalue weighted by Crippen LogP contribution is -2.21. The fourth-order valence-electron chi connectivity index (χ4n) is 2.19. The Balaban J connectivity index is 2.15. The SMILES string of the molecule is CC(=O)Nc1ccc(C(NCc2ccccc2)P(=O)(O)O)cc1. The standard InChI is InChI=1S/C16H19N2O4P/c1-12(19)18-15-9-7-14(8-10-15)16(23(20,21)22)17-11-13-5-3-2-4-6-13/h2-10,16-17H,11H2,1H3,(H,18,19)(H2,20,21,22). The Morgan fingerprint density at radius 1 is 1.09 bits per heavy atom. The highest BCUT2D eigenvalue weighted by molar-refractivity contribution is 7.52. The van der Waals surface area contributed by atoms with E-state index in [0.29, 0.717) is 17.8 Å². The van der Waals surface area contributed by atoms with Crippen molar-refractivity contribution in [3.05, 3.63) is 65.7 Å². The molecule has 0 fully saturated rings. The summed E-state index contributed by atoms with van der Waals surface area (Å²) in [7, 11) is -4.38. The molecular formula is C16H19N2O4P. The Hall–Kier alpha value is -1.98. The van der Waals surface area contributed by atoms with E-state index < -0.39 is 13.4 Å². The van der Waals surface area contributed by atoms with E-state index in [1.807, 2.05) is 30.3 Å². The van der Waals surface area contributed by atoms with E-state index in [0.717, 1.165) is 5.56 Å². The Bertz CT molecular complexity index is 698. The van der Waals surface area contributed by atoms with Gasteiger partial charge in [-0.2, -0.15) is 0 Å². The van der Waals surface area contributed by atoms with Gasteiger partial charge in [-0.15, -0.1) is 0 Å². The van der Waals surface area contributed by atoms with E-state index in [1.165, 1.54) is 6.92 Å². The zero-order valence-electron chi connectivity index (χ0n) is 12.6. The third-order valence-electron chi connectivity index (χ3n) is 3.23. The predicted molar refractivity (Wildman–Crippen MR) is 88.8 cm³/mol. The van der Waals surface area contributed by atoms with Crippen molar-refractivity contribution in [2.24, 2.45) is 0 Å². The van der Waals surface area contributed by atoms with Gasteiger partial charge in [0.1, 0.15) is 5.78 Å². The number of carbonyl (C=O) groups excluding carboxylic acids is 1. The van der Waals surface area contributed by atoms with Crippen LogP contribution in [0.25, 0.3) is 0 Å². The molecule has 7 heteroatoms. The Morgan fingerprint density at radius 2 is 1.70 bits per heavy atom. The van der Waals surface area contributed by atoms with Crippen LogP contribution in [0.15, 0.2) is 54.6 Å². The second kappa shape index (κ2) is 7.53. The molecule has 1 atom stereocenters. The van der Waals surface area contributed by atoms with Gasteiger partial charge in [-0.05, 0) is 23.3 Å². The zero-order valence-corrected chi connectivity index (χ0v) is 13.5. The van der Waals surface area contributed by atoms with Crippen LogP contribution in [0.5, 0.6) is 0 Å². The molecule has 0 bridgehead atoms. The van der Waals surface area contributed by atoms with Crippen molar-refractivity contribution >= 4 is 19.2 Å². The molecule has 2 aromatic carbocycles. The topological polar surface area (TPSA) is 98.7 Å². The zero-order chi connectivity index (χ0) is 16.9. The van der Waals surface area contributed by atoms with Gasteiger partial charge in [0.15, 0.2) is 0 Å². The van der Waals surface area contributed by atoms with Gasteiger partial charge in [-0.3, -0.25) is 14.7 Å². The monoisotopic (exact) mass is 334 g/mol. The van der Waals surface area contributed by atoms with Crippen molar-refractivity contribution in [1.29, 1.82) is 0 Å². The summed E-state index contributed by atoms with van der Waals surface area (Å²) in [6.45, 7) is 1.73. The second-order valence-electron chi connectivity index (χ2n) is 5.16. The van der Waals surface area contributed by atoms with Crippen molar-refractivity contribution in [2.75, 3.05) is 5.32 Å². The number of hydrogen-bond donors (Lipinski definition) is 4. The molecule has 2 rings (SSSR count). The van der Waals surface area contributed by atoms with Gasteiger partial charge in [-0.25, -0.2) is 0 Å². The van der Waals surface area contributed by atoms with E-state index >= 15 is 0 Å². The molecule has 1 unspecified atom stereocenters. The first-order chi connectivity index (χ1) is 10.9. The molecule has 0 radical (unpaired) electrons. The van der Waals surface area contributed by atoms with Gasteiger partial charge in [0.25, 0.3) is 0 Å². The fourth-order valence-corrected chi connectivity index (χ4v) is 3.08. The van der Waals surface area contributed by atoms with Gasteiger partial charge in [0.2, 0.25) is 5.91 Å². The van der Waals surface area contributed by atoms with E-state index in [9.17, 15) is 19.1 Å². The van der Waals surface area contributed by atoms with Crippen LogP contribution in [-0.2, 0) is 15.9 Å². The summed E-state index contributed by atoms with van der Waals surface area (Å²) in [4.78, 5) is 30.2. The normalized spacial score (nSPS) is 12.7. The van der Waals surface area contributed by atoms with Crippen molar-refractivity contribution in [2.45, 2.75) is 19.3 Å². The molecule has 0 heterocycles. The molecule has 0 aliphatic heterocycles. The predicted octanol–water partition coefficient (Wildman–Crippen LogP) is 2.61. The Morgan fingerprint density at radius 3 is 2.22 bits per heavy atom. The molecule has 0 saturated heterocycles. The maximum atomic E-state index is 11.8. The molecule has 0 saturated carbocycles. The number of amides is 1. The van der Waals surface area contributed by atoms with Crippen LogP contribution in [-0.4, -0.2) is 15.7 Å². The van der Waals surface area contributed by atoms with Crippen LogP contribution in [0.4, 0.5) is 5.69 Å². The van der Waals surface area contributed by atoms with Gasteiger partial charge in [-0.1, -0.05) is 42.5 Å². The van der Waals surface area contributed by atoms with Gasteiger partial charge in [0.05, 0.1) is 0 Å². The summed E-state index contributed by atoms with van der Waals surface area (Å²) >= 11 is 0. The number of benzene rings is 2. The first-order valence-electron chi connectivity index (χ1n) is 7.06. The van der Waals surface area contributed by atoms with Crippen molar-refractivity contribution in [3.63, 3.8) is 0 Å². The highest BCUT2D eigenvalue weighted by atomic mass is 31.2. The highest BCUT2D eigenvalue weighted by Crippen LogP contribution is 2.50. The Labute approximate surface area is 134 Å². The summed E-state index contributed by atoms with van der Waals surface area (Å²) in [6, 6.07) is 15.8. The minimum Gasteiger partial charge on any atom is -0.326 e. The molecule has 0 aliphatic carbocycles. The molecule has 23 heavy (non-hydrogen) atoms. The third kappa shape index (κ3) is 5.30. The average Bonchev–Trinajstić information content (AvgIpc) is 2.48. The van der Waals surface area contributed by atoms with Crippen molar-refractivity contribution in [1.82, 2.24) is 5.32 Å². The number of nitrogens with one attached hydrogen (secondary N) is 2. The summed E-state index contributed by atoms with van der Waals surface area (Å²) in [6.07, 6.45) is 0. The second-order valence-corrected chi connectivity index (χ2v) is 6.86. The van der Waals surface area contributed by atoms with Gasteiger partial charge < -0.3 is 15.1 Å². The van der Waals surface area contributed by atoms with E-state index in [2.05, 4.69) is 10.6 Å². The number of rotatable bonds is 6. The molecule has 2 aromatic rings. The summed E-state index contributed by atoms with van der Waals surface area (Å²) < 4.78 is 11.8. The van der Waals surface area contributed by atoms with E-state index in [4.69, 9.17) is 0 Å². The third-order valence-corrected chi connectivity index (χ3v) is 4.38. The minimum atomic E-state index is -4.38. The first-order valence-corrected chi connectivity index (χ1v) is 8.74. The lowest BCUT2D eigenvalue weighted by Gasteiger charge is -2.21. The smallest absolute Gasteiger partial charge is 0.326 e. The number of carbonyl (C=O) groups is 1. The van der Waals surface area contributed by atoms with Crippen molar-refractivity contribution in [3.8, 4) is 0 Å². The maximum absolute atomic E-state index is 11.8. The van der Waals surface area contributed by atoms with Gasteiger partial charge >= 0.3 is 7.60 Å². The quantitative estimate of drug-likeness (QED) is 0.609. The van der Waals surface area contributed by atoms with Crippen LogP contribution >= 0.6 is 7.60 Å². The summed E-state index contributed by atoms with van der Waals surface area (Å²) in [5, 5.41) is 5.52. The number of anilines is 1. The lowest BCUT2D eigenvalue weighted by atomic mass is 10.2. The lowest BCUT2D eigenvalue weighted by molar-refractivity contribution is -0.114. The van der Waals surface area contributed by atoms with Gasteiger partial charge in [0, 0.05) is 19.2 Å². The van der Waals surface area contributed by atoms with E-state index in [1.54, 1.807) is 24.3 Å². The van der Waals surface area contributed by atoms with Crippen molar-refractivity contribution < 1.29 is 19.1 Å². The fraction of sp³-hybridized carbons (Fsp3) is 0.188. The van der Waals surface area contributed by atoms with Crippen LogP contribution in [0.2, 0.25) is 0 Å². The molecule has 122 valence electrons. The number of hydrogen-bond acceptors (Lipinski definition) is 3. The highest BCUT2D eigenvalue weighted by Gasteiger charge is 2.29. The molecule has 0 aromatic heterocycles. The first kappa shape index (κ1) is 17.4. The van der Waals surface area contributed by atoms with Crippen LogP contribution < -0.4 is 10.6 Å². The largest absolute Gasteiger partial charge is 0.346 e. The summed E-state index contributed by atoms with van der Waals surface area (Å²) in [5.74, 6) is -1.31. The molecule has 6 nitrogen and oxygen atoms in total.